The summed E-state index contributed by atoms with van der Waals surface area (Å²) in [4.78, 5) is 42.9. The van der Waals surface area contributed by atoms with Gasteiger partial charge < -0.3 is 14.5 Å². The third-order valence-corrected chi connectivity index (χ3v) is 6.17. The topological polar surface area (TPSA) is 88.5 Å². The molecule has 3 aromatic rings. The number of pyridine rings is 3. The van der Waals surface area contributed by atoms with E-state index in [1.54, 1.807) is 54.2 Å². The van der Waals surface area contributed by atoms with Crippen molar-refractivity contribution in [2.75, 3.05) is 26.2 Å². The van der Waals surface area contributed by atoms with Crippen LogP contribution in [0.1, 0.15) is 27.4 Å². The molecule has 2 aliphatic rings. The summed E-state index contributed by atoms with van der Waals surface area (Å²) in [5.41, 5.74) is 1.23. The van der Waals surface area contributed by atoms with E-state index in [1.807, 2.05) is 29.2 Å². The molecule has 162 valence electrons. The minimum Gasteiger partial charge on any atom is -0.361 e. The van der Waals surface area contributed by atoms with Crippen molar-refractivity contribution in [3.05, 3.63) is 90.3 Å². The highest BCUT2D eigenvalue weighted by Gasteiger charge is 2.58. The van der Waals surface area contributed by atoms with E-state index in [0.717, 1.165) is 11.1 Å². The fourth-order valence-corrected chi connectivity index (χ4v) is 4.60. The van der Waals surface area contributed by atoms with Crippen molar-refractivity contribution < 1.29 is 14.3 Å². The van der Waals surface area contributed by atoms with Crippen molar-refractivity contribution in [2.45, 2.75) is 18.1 Å². The second kappa shape index (κ2) is 8.47. The Hall–Kier alpha value is -3.65. The van der Waals surface area contributed by atoms with Gasteiger partial charge in [0, 0.05) is 62.7 Å². The van der Waals surface area contributed by atoms with Gasteiger partial charge in [0.2, 0.25) is 0 Å². The van der Waals surface area contributed by atoms with Crippen LogP contribution in [-0.4, -0.2) is 68.4 Å². The van der Waals surface area contributed by atoms with Crippen LogP contribution < -0.4 is 0 Å². The van der Waals surface area contributed by atoms with Crippen LogP contribution in [0.3, 0.4) is 0 Å². The molecule has 0 aromatic carbocycles. The molecule has 3 aromatic heterocycles. The third-order valence-electron chi connectivity index (χ3n) is 6.17. The number of ether oxygens (including phenoxy) is 1. The molecule has 0 unspecified atom stereocenters. The Bertz CT molecular complexity index is 1100. The normalized spacial score (nSPS) is 23.0. The van der Waals surface area contributed by atoms with E-state index in [4.69, 9.17) is 4.74 Å². The standard InChI is InChI=1S/C24H23N5O3/c30-22(20-4-2-8-27-14-20)29-16-21(19-3-1-7-26-13-19)24(17-29)23(31)28(11-12-32-24)15-18-5-9-25-10-6-18/h1-10,13-14,21H,11-12,15-17H2/t21-,24-/m1/s1. The van der Waals surface area contributed by atoms with Crippen molar-refractivity contribution in [3.63, 3.8) is 0 Å². The quantitative estimate of drug-likeness (QED) is 0.630. The van der Waals surface area contributed by atoms with E-state index < -0.39 is 5.60 Å². The van der Waals surface area contributed by atoms with Gasteiger partial charge in [0.1, 0.15) is 0 Å². The molecule has 5 rings (SSSR count). The molecule has 0 saturated carbocycles. The van der Waals surface area contributed by atoms with E-state index in [1.165, 1.54) is 0 Å². The van der Waals surface area contributed by atoms with Crippen molar-refractivity contribution in [3.8, 4) is 0 Å². The zero-order valence-corrected chi connectivity index (χ0v) is 17.5. The number of hydrogen-bond donors (Lipinski definition) is 0. The molecule has 1 spiro atoms. The first-order chi connectivity index (χ1) is 15.7. The van der Waals surface area contributed by atoms with Gasteiger partial charge in [0.25, 0.3) is 11.8 Å². The smallest absolute Gasteiger partial charge is 0.257 e. The largest absolute Gasteiger partial charge is 0.361 e. The van der Waals surface area contributed by atoms with Crippen LogP contribution >= 0.6 is 0 Å². The van der Waals surface area contributed by atoms with E-state index in [9.17, 15) is 9.59 Å². The Morgan fingerprint density at radius 1 is 1.03 bits per heavy atom. The lowest BCUT2D eigenvalue weighted by molar-refractivity contribution is -0.172. The maximum atomic E-state index is 13.9. The van der Waals surface area contributed by atoms with Gasteiger partial charge in [0.15, 0.2) is 5.60 Å². The predicted molar refractivity (Wildman–Crippen MR) is 115 cm³/mol. The van der Waals surface area contributed by atoms with E-state index in [-0.39, 0.29) is 24.3 Å². The van der Waals surface area contributed by atoms with E-state index in [2.05, 4.69) is 15.0 Å². The van der Waals surface area contributed by atoms with Gasteiger partial charge in [-0.2, -0.15) is 0 Å². The molecule has 8 heteroatoms. The summed E-state index contributed by atoms with van der Waals surface area (Å²) < 4.78 is 6.25. The highest BCUT2D eigenvalue weighted by atomic mass is 16.5. The molecule has 5 heterocycles. The molecular weight excluding hydrogens is 406 g/mol. The van der Waals surface area contributed by atoms with Crippen molar-refractivity contribution >= 4 is 11.8 Å². The lowest BCUT2D eigenvalue weighted by Gasteiger charge is -2.42. The molecule has 2 fully saturated rings. The maximum absolute atomic E-state index is 13.9. The van der Waals surface area contributed by atoms with Gasteiger partial charge in [-0.15, -0.1) is 0 Å². The van der Waals surface area contributed by atoms with Crippen molar-refractivity contribution in [1.29, 1.82) is 0 Å². The van der Waals surface area contributed by atoms with Gasteiger partial charge in [-0.25, -0.2) is 0 Å². The average Bonchev–Trinajstić information content (AvgIpc) is 3.23. The summed E-state index contributed by atoms with van der Waals surface area (Å²) in [6, 6.07) is 11.1. The highest BCUT2D eigenvalue weighted by molar-refractivity contribution is 5.96. The highest BCUT2D eigenvalue weighted by Crippen LogP contribution is 2.42. The van der Waals surface area contributed by atoms with Gasteiger partial charge in [0.05, 0.1) is 18.7 Å². The Balaban J connectivity index is 1.48. The Kier molecular flexibility index (Phi) is 5.36. The summed E-state index contributed by atoms with van der Waals surface area (Å²) in [6.45, 7) is 1.94. The van der Waals surface area contributed by atoms with Crippen LogP contribution in [0.25, 0.3) is 0 Å². The number of aromatic nitrogens is 3. The van der Waals surface area contributed by atoms with Gasteiger partial charge in [-0.05, 0) is 41.5 Å². The number of hydrogen-bond acceptors (Lipinski definition) is 6. The second-order valence-electron chi connectivity index (χ2n) is 8.09. The third kappa shape index (κ3) is 3.62. The SMILES string of the molecule is O=C(c1cccnc1)N1C[C@H](c2cccnc2)[C@@]2(C1)OCCN(Cc1ccncc1)C2=O. The first-order valence-corrected chi connectivity index (χ1v) is 10.6. The number of nitrogens with zero attached hydrogens (tertiary/aromatic N) is 5. The monoisotopic (exact) mass is 429 g/mol. The number of morpholine rings is 1. The van der Waals surface area contributed by atoms with Crippen LogP contribution in [0, 0.1) is 0 Å². The van der Waals surface area contributed by atoms with Crippen molar-refractivity contribution in [2.24, 2.45) is 0 Å². The van der Waals surface area contributed by atoms with Crippen LogP contribution in [0.4, 0.5) is 0 Å². The molecule has 32 heavy (non-hydrogen) atoms. The summed E-state index contributed by atoms with van der Waals surface area (Å²) in [5.74, 6) is -0.577. The van der Waals surface area contributed by atoms with Crippen LogP contribution in [0.5, 0.6) is 0 Å². The van der Waals surface area contributed by atoms with E-state index >= 15 is 0 Å². The molecule has 2 saturated heterocycles. The summed E-state index contributed by atoms with van der Waals surface area (Å²) in [7, 11) is 0. The summed E-state index contributed by atoms with van der Waals surface area (Å²) >= 11 is 0. The molecule has 0 aliphatic carbocycles. The number of amides is 2. The van der Waals surface area contributed by atoms with Crippen molar-refractivity contribution in [1.82, 2.24) is 24.8 Å². The Morgan fingerprint density at radius 2 is 1.81 bits per heavy atom. The number of rotatable bonds is 4. The van der Waals surface area contributed by atoms with E-state index in [0.29, 0.717) is 31.8 Å². The second-order valence-corrected chi connectivity index (χ2v) is 8.09. The van der Waals surface area contributed by atoms with Crippen LogP contribution in [0.15, 0.2) is 73.6 Å². The number of carbonyl (C=O) groups is 2. The minimum absolute atomic E-state index is 0.101. The molecule has 2 aliphatic heterocycles. The summed E-state index contributed by atoms with van der Waals surface area (Å²) in [5, 5.41) is 0. The predicted octanol–water partition coefficient (Wildman–Crippen LogP) is 1.91. The fraction of sp³-hybridized carbons (Fsp3) is 0.292. The first-order valence-electron chi connectivity index (χ1n) is 10.6. The Morgan fingerprint density at radius 3 is 2.53 bits per heavy atom. The molecule has 0 radical (unpaired) electrons. The molecule has 8 nitrogen and oxygen atoms in total. The zero-order chi connectivity index (χ0) is 22.0. The zero-order valence-electron chi connectivity index (χ0n) is 17.5. The van der Waals surface area contributed by atoms with Gasteiger partial charge in [-0.3, -0.25) is 24.5 Å². The Labute approximate surface area is 185 Å². The molecular formula is C24H23N5O3. The first kappa shape index (κ1) is 20.3. The fourth-order valence-electron chi connectivity index (χ4n) is 4.60. The van der Waals surface area contributed by atoms with Gasteiger partial charge >= 0.3 is 0 Å². The molecule has 2 atom stereocenters. The molecule has 2 amide bonds. The average molecular weight is 429 g/mol. The van der Waals surface area contributed by atoms with Gasteiger partial charge in [-0.1, -0.05) is 6.07 Å². The number of likely N-dealkylation sites (tertiary alicyclic amines) is 1. The van der Waals surface area contributed by atoms with Crippen LogP contribution in [0.2, 0.25) is 0 Å². The maximum Gasteiger partial charge on any atom is 0.257 e. The number of carbonyl (C=O) groups excluding carboxylic acids is 2. The van der Waals surface area contributed by atoms with Crippen LogP contribution in [-0.2, 0) is 16.1 Å². The minimum atomic E-state index is -1.15. The molecule has 0 N–H and O–H groups in total. The lowest BCUT2D eigenvalue weighted by Crippen LogP contribution is -2.60. The lowest BCUT2D eigenvalue weighted by atomic mass is 9.83. The molecule has 0 bridgehead atoms. The summed E-state index contributed by atoms with van der Waals surface area (Å²) in [6.07, 6.45) is 10.1.